The minimum absolute atomic E-state index is 0.0155. The van der Waals surface area contributed by atoms with Crippen LogP contribution in [0.5, 0.6) is 5.75 Å². The minimum atomic E-state index is -0.943. The lowest BCUT2D eigenvalue weighted by atomic mass is 9.54. The number of aliphatic carboxylic acids is 1. The number of carbonyl (C=O) groups excluding carboxylic acids is 1. The Kier molecular flexibility index (Phi) is 6.35. The molecule has 5 atom stereocenters. The van der Waals surface area contributed by atoms with Gasteiger partial charge < -0.3 is 14.9 Å². The number of carboxylic acid groups (broad SMARTS) is 1. The molecule has 3 unspecified atom stereocenters. The first-order valence-corrected chi connectivity index (χ1v) is 11.9. The Morgan fingerprint density at radius 2 is 2.09 bits per heavy atom. The molecule has 4 aliphatic rings. The second-order valence-corrected chi connectivity index (χ2v) is 9.83. The number of hydrogen-bond acceptors (Lipinski definition) is 5. The predicted octanol–water partition coefficient (Wildman–Crippen LogP) is 4.39. The number of esters is 1. The molecule has 6 heteroatoms. The fraction of sp³-hybridized carbons (Fsp3) is 0.615. The van der Waals surface area contributed by atoms with E-state index in [0.717, 1.165) is 54.6 Å². The van der Waals surface area contributed by atoms with E-state index in [9.17, 15) is 19.8 Å². The second kappa shape index (κ2) is 8.89. The summed E-state index contributed by atoms with van der Waals surface area (Å²) < 4.78 is 4.84. The van der Waals surface area contributed by atoms with Crippen LogP contribution >= 0.6 is 0 Å². The normalized spacial score (nSPS) is 31.3. The van der Waals surface area contributed by atoms with Crippen molar-refractivity contribution in [1.82, 2.24) is 4.90 Å². The van der Waals surface area contributed by atoms with Crippen molar-refractivity contribution in [3.63, 3.8) is 0 Å². The molecule has 2 saturated heterocycles. The van der Waals surface area contributed by atoms with E-state index in [2.05, 4.69) is 11.8 Å². The van der Waals surface area contributed by atoms with Crippen LogP contribution in [0.1, 0.15) is 63.0 Å². The number of hydrogen-bond donors (Lipinski definition) is 2. The van der Waals surface area contributed by atoms with Gasteiger partial charge in [0.05, 0.1) is 7.11 Å². The molecule has 3 aliphatic heterocycles. The lowest BCUT2D eigenvalue weighted by molar-refractivity contribution is -0.165. The number of phenols is 1. The number of rotatable bonds is 7. The predicted molar refractivity (Wildman–Crippen MR) is 122 cm³/mol. The Bertz CT molecular complexity index is 938. The zero-order chi connectivity index (χ0) is 23.0. The first-order valence-electron chi connectivity index (χ1n) is 11.9. The maximum absolute atomic E-state index is 13.2. The summed E-state index contributed by atoms with van der Waals surface area (Å²) in [4.78, 5) is 27.4. The molecule has 1 saturated carbocycles. The number of nitrogens with zero attached hydrogens (tertiary/aromatic N) is 1. The molecule has 6 nitrogen and oxygen atoms in total. The molecular formula is C26H35NO5. The molecular weight excluding hydrogens is 406 g/mol. The van der Waals surface area contributed by atoms with Gasteiger partial charge in [0.15, 0.2) is 0 Å². The zero-order valence-electron chi connectivity index (χ0n) is 19.4. The molecule has 3 heterocycles. The molecule has 1 aromatic carbocycles. The highest BCUT2D eigenvalue weighted by Crippen LogP contribution is 2.58. The van der Waals surface area contributed by atoms with E-state index in [4.69, 9.17) is 4.74 Å². The maximum atomic E-state index is 13.2. The smallest absolute Gasteiger partial charge is 0.315 e. The second-order valence-electron chi connectivity index (χ2n) is 9.83. The van der Waals surface area contributed by atoms with Crippen LogP contribution in [0.25, 0.3) is 5.57 Å². The summed E-state index contributed by atoms with van der Waals surface area (Å²) in [7, 11) is 1.39. The van der Waals surface area contributed by atoms with E-state index >= 15 is 0 Å². The van der Waals surface area contributed by atoms with Crippen molar-refractivity contribution in [3.8, 4) is 5.75 Å². The number of aromatic hydroxyl groups is 1. The van der Waals surface area contributed by atoms with Gasteiger partial charge in [-0.2, -0.15) is 0 Å². The summed E-state index contributed by atoms with van der Waals surface area (Å²) in [6.07, 6.45) is 4.88. The standard InChI is InChI=1S/C26H35NO5/c1-4-18-12-17-14-26(25(30)31)22(6-5-7-23(29)32-3)20(10-11-27(15-17)24(18)26)21-13-19(28)9-8-16(21)2/h8-9,13,17-18,24,28H,4-7,10-12,14-15H2,1-3H3,(H,30,31)/t17-,18?,24?,26+/m0/s1. The zero-order valence-corrected chi connectivity index (χ0v) is 19.4. The van der Waals surface area contributed by atoms with E-state index in [0.29, 0.717) is 31.1 Å². The third-order valence-corrected chi connectivity index (χ3v) is 8.12. The largest absolute Gasteiger partial charge is 0.508 e. The molecule has 174 valence electrons. The van der Waals surface area contributed by atoms with E-state index < -0.39 is 11.4 Å². The first kappa shape index (κ1) is 22.8. The van der Waals surface area contributed by atoms with Crippen LogP contribution in [0.3, 0.4) is 0 Å². The Morgan fingerprint density at radius 1 is 1.31 bits per heavy atom. The molecule has 3 fully saturated rings. The molecule has 32 heavy (non-hydrogen) atoms. The number of fused-ring (bicyclic) bond motifs is 1. The molecule has 0 amide bonds. The van der Waals surface area contributed by atoms with Crippen LogP contribution in [0.15, 0.2) is 23.8 Å². The van der Waals surface area contributed by atoms with Gasteiger partial charge in [-0.05, 0) is 85.3 Å². The van der Waals surface area contributed by atoms with Gasteiger partial charge in [0.25, 0.3) is 0 Å². The van der Waals surface area contributed by atoms with Gasteiger partial charge in [0, 0.05) is 25.6 Å². The van der Waals surface area contributed by atoms with Gasteiger partial charge in [0.1, 0.15) is 11.2 Å². The average Bonchev–Trinajstić information content (AvgIpc) is 2.88. The highest BCUT2D eigenvalue weighted by atomic mass is 16.5. The summed E-state index contributed by atoms with van der Waals surface area (Å²) >= 11 is 0. The van der Waals surface area contributed by atoms with Crippen LogP contribution in [-0.2, 0) is 14.3 Å². The summed E-state index contributed by atoms with van der Waals surface area (Å²) in [6, 6.07) is 5.34. The highest BCUT2D eigenvalue weighted by Gasteiger charge is 2.61. The van der Waals surface area contributed by atoms with Crippen LogP contribution in [0, 0.1) is 24.2 Å². The van der Waals surface area contributed by atoms with Gasteiger partial charge >= 0.3 is 11.9 Å². The Hall–Kier alpha value is -2.34. The number of carbonyl (C=O) groups is 2. The maximum Gasteiger partial charge on any atom is 0.315 e. The number of benzene rings is 1. The minimum Gasteiger partial charge on any atom is -0.508 e. The van der Waals surface area contributed by atoms with Crippen LogP contribution < -0.4 is 0 Å². The third kappa shape index (κ3) is 3.72. The number of ether oxygens (including phenoxy) is 1. The molecule has 1 aliphatic carbocycles. The topological polar surface area (TPSA) is 87.1 Å². The fourth-order valence-corrected chi connectivity index (χ4v) is 6.87. The Morgan fingerprint density at radius 3 is 2.78 bits per heavy atom. The van der Waals surface area contributed by atoms with E-state index in [1.165, 1.54) is 7.11 Å². The molecule has 0 radical (unpaired) electrons. The van der Waals surface area contributed by atoms with Gasteiger partial charge in [0.2, 0.25) is 0 Å². The molecule has 5 rings (SSSR count). The van der Waals surface area contributed by atoms with Crippen LogP contribution in [-0.4, -0.2) is 53.3 Å². The van der Waals surface area contributed by atoms with Crippen molar-refractivity contribution in [1.29, 1.82) is 0 Å². The fourth-order valence-electron chi connectivity index (χ4n) is 6.87. The number of piperidine rings is 2. The Labute approximate surface area is 190 Å². The van der Waals surface area contributed by atoms with Crippen LogP contribution in [0.2, 0.25) is 0 Å². The lowest BCUT2D eigenvalue weighted by Crippen LogP contribution is -2.65. The average molecular weight is 442 g/mol. The van der Waals surface area contributed by atoms with Gasteiger partial charge in [-0.15, -0.1) is 0 Å². The third-order valence-electron chi connectivity index (χ3n) is 8.12. The lowest BCUT2D eigenvalue weighted by Gasteiger charge is -2.58. The SMILES string of the molecule is CCC1C[C@@H]2CN3CCC(c4cc(O)ccc4C)=C(CCCC(=O)OC)[C@](C(=O)O)(C2)C13. The summed E-state index contributed by atoms with van der Waals surface area (Å²) in [5.74, 6) is -0.0745. The molecule has 2 N–H and O–H groups in total. The number of aryl methyl sites for hydroxylation is 1. The van der Waals surface area contributed by atoms with Crippen molar-refractivity contribution >= 4 is 17.5 Å². The van der Waals surface area contributed by atoms with Gasteiger partial charge in [-0.25, -0.2) is 0 Å². The number of methoxy groups -OCH3 is 1. The number of carboxylic acids is 1. The molecule has 4 bridgehead atoms. The summed E-state index contributed by atoms with van der Waals surface area (Å²) in [5, 5.41) is 21.1. The molecule has 0 aromatic heterocycles. The van der Waals surface area contributed by atoms with Gasteiger partial charge in [-0.1, -0.05) is 19.4 Å². The van der Waals surface area contributed by atoms with Crippen molar-refractivity contribution in [3.05, 3.63) is 34.9 Å². The van der Waals surface area contributed by atoms with Crippen molar-refractivity contribution in [2.45, 2.75) is 64.8 Å². The molecule has 0 spiro atoms. The quantitative estimate of drug-likeness (QED) is 0.610. The van der Waals surface area contributed by atoms with Crippen LogP contribution in [0.4, 0.5) is 0 Å². The monoisotopic (exact) mass is 441 g/mol. The highest BCUT2D eigenvalue weighted by molar-refractivity contribution is 5.86. The first-order chi connectivity index (χ1) is 15.3. The summed E-state index contributed by atoms with van der Waals surface area (Å²) in [6.45, 7) is 5.99. The Balaban J connectivity index is 1.90. The molecule has 1 aromatic rings. The van der Waals surface area contributed by atoms with E-state index in [1.54, 1.807) is 12.1 Å². The summed E-state index contributed by atoms with van der Waals surface area (Å²) in [5.41, 5.74) is 3.05. The van der Waals surface area contributed by atoms with Crippen molar-refractivity contribution in [2.75, 3.05) is 20.2 Å². The van der Waals surface area contributed by atoms with Crippen molar-refractivity contribution < 1.29 is 24.5 Å². The van der Waals surface area contributed by atoms with Crippen molar-refractivity contribution in [2.24, 2.45) is 17.3 Å². The van der Waals surface area contributed by atoms with E-state index in [-0.39, 0.29) is 24.2 Å². The number of phenolic OH excluding ortho intramolecular Hbond substituents is 1. The van der Waals surface area contributed by atoms with E-state index in [1.807, 2.05) is 13.0 Å². The van der Waals surface area contributed by atoms with Gasteiger partial charge in [-0.3, -0.25) is 14.5 Å².